The Morgan fingerprint density at radius 2 is 1.96 bits per heavy atom. The van der Waals surface area contributed by atoms with Crippen molar-refractivity contribution < 1.29 is 13.9 Å². The first kappa shape index (κ1) is 21.0. The van der Waals surface area contributed by atoms with Crippen LogP contribution in [0, 0.1) is 17.7 Å². The number of nitrogens with one attached hydrogen (secondary N) is 1. The van der Waals surface area contributed by atoms with Gasteiger partial charge in [0, 0.05) is 32.4 Å². The highest BCUT2D eigenvalue weighted by atomic mass is 35.5. The van der Waals surface area contributed by atoms with E-state index in [0.29, 0.717) is 24.0 Å². The summed E-state index contributed by atoms with van der Waals surface area (Å²) in [6, 6.07) is 6.14. The summed E-state index contributed by atoms with van der Waals surface area (Å²) < 4.78 is 18.8. The van der Waals surface area contributed by atoms with Crippen molar-refractivity contribution in [3.63, 3.8) is 0 Å². The quantitative estimate of drug-likeness (QED) is 0.842. The van der Waals surface area contributed by atoms with Gasteiger partial charge in [-0.15, -0.1) is 12.4 Å². The average Bonchev–Trinajstić information content (AvgIpc) is 2.65. The van der Waals surface area contributed by atoms with Crippen molar-refractivity contribution in [1.29, 1.82) is 0 Å². The number of amides is 1. The van der Waals surface area contributed by atoms with Gasteiger partial charge in [-0.05, 0) is 62.0 Å². The van der Waals surface area contributed by atoms with Crippen molar-refractivity contribution in [2.75, 3.05) is 26.2 Å². The van der Waals surface area contributed by atoms with E-state index in [-0.39, 0.29) is 30.2 Å². The van der Waals surface area contributed by atoms with Crippen LogP contribution in [-0.4, -0.2) is 43.1 Å². The van der Waals surface area contributed by atoms with E-state index in [1.807, 2.05) is 4.90 Å². The highest BCUT2D eigenvalue weighted by Gasteiger charge is 2.27. The van der Waals surface area contributed by atoms with Crippen LogP contribution < -0.4 is 10.1 Å². The maximum atomic E-state index is 12.9. The maximum absolute atomic E-state index is 12.9. The zero-order chi connectivity index (χ0) is 17.6. The predicted molar refractivity (Wildman–Crippen MR) is 103 cm³/mol. The molecule has 2 fully saturated rings. The molecular formula is C20H30ClFN2O2. The molecule has 2 aliphatic heterocycles. The lowest BCUT2D eigenvalue weighted by atomic mass is 9.85. The number of likely N-dealkylation sites (tertiary alicyclic amines) is 1. The Labute approximate surface area is 161 Å². The first-order valence-electron chi connectivity index (χ1n) is 9.52. The summed E-state index contributed by atoms with van der Waals surface area (Å²) in [4.78, 5) is 14.6. The second kappa shape index (κ2) is 10.1. The van der Waals surface area contributed by atoms with E-state index >= 15 is 0 Å². The van der Waals surface area contributed by atoms with E-state index in [2.05, 4.69) is 12.2 Å². The Balaban J connectivity index is 0.00000243. The molecule has 0 aliphatic carbocycles. The third-order valence-electron chi connectivity index (χ3n) is 5.55. The number of hydrogen-bond donors (Lipinski definition) is 1. The predicted octanol–water partition coefficient (Wildman–Crippen LogP) is 3.64. The third kappa shape index (κ3) is 5.85. The summed E-state index contributed by atoms with van der Waals surface area (Å²) in [6.45, 7) is 5.86. The van der Waals surface area contributed by atoms with Crippen LogP contribution in [0.4, 0.5) is 4.39 Å². The van der Waals surface area contributed by atoms with Crippen molar-refractivity contribution in [1.82, 2.24) is 10.2 Å². The average molecular weight is 385 g/mol. The van der Waals surface area contributed by atoms with Crippen LogP contribution in [0.1, 0.15) is 39.0 Å². The number of benzene rings is 1. The summed E-state index contributed by atoms with van der Waals surface area (Å²) in [5.41, 5.74) is 0. The van der Waals surface area contributed by atoms with Crippen molar-refractivity contribution in [3.05, 3.63) is 30.1 Å². The van der Waals surface area contributed by atoms with E-state index in [0.717, 1.165) is 39.0 Å². The number of piperidine rings is 2. The highest BCUT2D eigenvalue weighted by molar-refractivity contribution is 5.85. The molecule has 1 N–H and O–H groups in total. The monoisotopic (exact) mass is 384 g/mol. The molecule has 2 aliphatic rings. The molecule has 2 saturated heterocycles. The number of ether oxygens (including phenoxy) is 1. The Hall–Kier alpha value is -1.33. The molecule has 3 rings (SSSR count). The molecule has 1 amide bonds. The zero-order valence-electron chi connectivity index (χ0n) is 15.5. The minimum Gasteiger partial charge on any atom is -0.490 e. The van der Waals surface area contributed by atoms with Gasteiger partial charge in [0.1, 0.15) is 17.7 Å². The Kier molecular flexibility index (Phi) is 8.16. The van der Waals surface area contributed by atoms with Gasteiger partial charge in [0.25, 0.3) is 0 Å². The fourth-order valence-corrected chi connectivity index (χ4v) is 3.86. The fraction of sp³-hybridized carbons (Fsp3) is 0.650. The number of rotatable bonds is 5. The molecule has 26 heavy (non-hydrogen) atoms. The second-order valence-corrected chi connectivity index (χ2v) is 7.44. The molecule has 0 saturated carbocycles. The first-order valence-corrected chi connectivity index (χ1v) is 9.52. The van der Waals surface area contributed by atoms with Crippen LogP contribution in [-0.2, 0) is 4.79 Å². The number of nitrogens with zero attached hydrogens (tertiary/aromatic N) is 1. The van der Waals surface area contributed by atoms with E-state index in [1.165, 1.54) is 25.0 Å². The lowest BCUT2D eigenvalue weighted by Crippen LogP contribution is -2.43. The molecule has 2 heterocycles. The molecule has 2 atom stereocenters. The van der Waals surface area contributed by atoms with Crippen LogP contribution in [0.25, 0.3) is 0 Å². The molecule has 0 radical (unpaired) electrons. The SMILES string of the molecule is CC(CC(=O)N1CCC(Oc2ccc(F)cc2)CC1)C1CCCNC1.Cl. The molecule has 146 valence electrons. The number of halogens is 2. The molecule has 0 spiro atoms. The first-order chi connectivity index (χ1) is 12.1. The molecule has 0 bridgehead atoms. The van der Waals surface area contributed by atoms with Gasteiger partial charge in [0.2, 0.25) is 5.91 Å². The van der Waals surface area contributed by atoms with Gasteiger partial charge in [-0.3, -0.25) is 4.79 Å². The Morgan fingerprint density at radius 1 is 1.27 bits per heavy atom. The minimum atomic E-state index is -0.255. The van der Waals surface area contributed by atoms with Gasteiger partial charge in [-0.25, -0.2) is 4.39 Å². The summed E-state index contributed by atoms with van der Waals surface area (Å²) in [7, 11) is 0. The van der Waals surface area contributed by atoms with Gasteiger partial charge in [0.05, 0.1) is 0 Å². The third-order valence-corrected chi connectivity index (χ3v) is 5.55. The lowest BCUT2D eigenvalue weighted by Gasteiger charge is -2.34. The topological polar surface area (TPSA) is 41.6 Å². The van der Waals surface area contributed by atoms with E-state index in [9.17, 15) is 9.18 Å². The summed E-state index contributed by atoms with van der Waals surface area (Å²) in [5.74, 6) is 1.78. The van der Waals surface area contributed by atoms with Gasteiger partial charge >= 0.3 is 0 Å². The smallest absolute Gasteiger partial charge is 0.222 e. The number of hydrogen-bond acceptors (Lipinski definition) is 3. The molecule has 1 aromatic carbocycles. The number of carbonyl (C=O) groups excluding carboxylic acids is 1. The minimum absolute atomic E-state index is 0. The van der Waals surface area contributed by atoms with Crippen LogP contribution >= 0.6 is 12.4 Å². The summed E-state index contributed by atoms with van der Waals surface area (Å²) in [6.07, 6.45) is 4.87. The summed E-state index contributed by atoms with van der Waals surface area (Å²) >= 11 is 0. The molecular weight excluding hydrogens is 355 g/mol. The summed E-state index contributed by atoms with van der Waals surface area (Å²) in [5, 5.41) is 3.44. The van der Waals surface area contributed by atoms with E-state index in [4.69, 9.17) is 4.74 Å². The van der Waals surface area contributed by atoms with E-state index in [1.54, 1.807) is 12.1 Å². The Morgan fingerprint density at radius 3 is 2.58 bits per heavy atom. The van der Waals surface area contributed by atoms with Crippen LogP contribution in [0.3, 0.4) is 0 Å². The van der Waals surface area contributed by atoms with Crippen molar-refractivity contribution in [2.45, 2.75) is 45.1 Å². The van der Waals surface area contributed by atoms with Gasteiger partial charge in [-0.1, -0.05) is 6.92 Å². The van der Waals surface area contributed by atoms with Crippen LogP contribution in [0.15, 0.2) is 24.3 Å². The Bertz CT molecular complexity index is 555. The normalized spacial score (nSPS) is 22.4. The van der Waals surface area contributed by atoms with E-state index < -0.39 is 0 Å². The van der Waals surface area contributed by atoms with Crippen LogP contribution in [0.2, 0.25) is 0 Å². The van der Waals surface area contributed by atoms with Crippen molar-refractivity contribution >= 4 is 18.3 Å². The molecule has 0 aromatic heterocycles. The highest BCUT2D eigenvalue weighted by Crippen LogP contribution is 2.25. The van der Waals surface area contributed by atoms with Crippen molar-refractivity contribution in [3.8, 4) is 5.75 Å². The van der Waals surface area contributed by atoms with Crippen LogP contribution in [0.5, 0.6) is 5.75 Å². The second-order valence-electron chi connectivity index (χ2n) is 7.44. The number of carbonyl (C=O) groups is 1. The molecule has 1 aromatic rings. The zero-order valence-corrected chi connectivity index (χ0v) is 16.3. The fourth-order valence-electron chi connectivity index (χ4n) is 3.86. The standard InChI is InChI=1S/C20H29FN2O2.ClH/c1-15(16-3-2-10-22-14-16)13-20(24)23-11-8-19(9-12-23)25-18-6-4-17(21)5-7-18;/h4-7,15-16,19,22H,2-3,8-14H2,1H3;1H. The maximum Gasteiger partial charge on any atom is 0.222 e. The van der Waals surface area contributed by atoms with Crippen molar-refractivity contribution in [2.24, 2.45) is 11.8 Å². The largest absolute Gasteiger partial charge is 0.490 e. The molecule has 6 heteroatoms. The van der Waals surface area contributed by atoms with Gasteiger partial charge in [-0.2, -0.15) is 0 Å². The van der Waals surface area contributed by atoms with Gasteiger partial charge in [0.15, 0.2) is 0 Å². The lowest BCUT2D eigenvalue weighted by molar-refractivity contribution is -0.134. The molecule has 2 unspecified atom stereocenters. The van der Waals surface area contributed by atoms with Gasteiger partial charge < -0.3 is 15.0 Å². The molecule has 4 nitrogen and oxygen atoms in total.